The van der Waals surface area contributed by atoms with Crippen LogP contribution in [0.3, 0.4) is 0 Å². The maximum Gasteiger partial charge on any atom is 0.411 e. The third kappa shape index (κ3) is 3.64. The Balaban J connectivity index is 1.71. The molecule has 0 aliphatic carbocycles. The summed E-state index contributed by atoms with van der Waals surface area (Å²) in [5, 5.41) is 2.72. The van der Waals surface area contributed by atoms with E-state index in [1.807, 2.05) is 0 Å². The van der Waals surface area contributed by atoms with Crippen LogP contribution in [-0.4, -0.2) is 52.3 Å². The number of likely N-dealkylation sites (tertiary alicyclic amines) is 1. The molecule has 23 heavy (non-hydrogen) atoms. The summed E-state index contributed by atoms with van der Waals surface area (Å²) in [5.74, 6) is 0.0871. The lowest BCUT2D eigenvalue weighted by molar-refractivity contribution is -0.121. The van der Waals surface area contributed by atoms with E-state index in [0.717, 1.165) is 0 Å². The van der Waals surface area contributed by atoms with Crippen molar-refractivity contribution >= 4 is 33.7 Å². The van der Waals surface area contributed by atoms with Crippen molar-refractivity contribution in [1.82, 2.24) is 9.88 Å². The Bertz CT molecular complexity index is 646. The zero-order valence-corrected chi connectivity index (χ0v) is 14.7. The van der Waals surface area contributed by atoms with Gasteiger partial charge in [-0.15, -0.1) is 0 Å². The highest BCUT2D eigenvalue weighted by Crippen LogP contribution is 2.37. The largest absolute Gasteiger partial charge is 0.444 e. The van der Waals surface area contributed by atoms with Crippen LogP contribution >= 0.6 is 15.9 Å². The van der Waals surface area contributed by atoms with Gasteiger partial charge in [0.1, 0.15) is 34.3 Å². The summed E-state index contributed by atoms with van der Waals surface area (Å²) in [7, 11) is 0. The molecule has 1 aromatic heterocycles. The van der Waals surface area contributed by atoms with Crippen LogP contribution in [0.4, 0.5) is 10.6 Å². The number of amides is 2. The van der Waals surface area contributed by atoms with Crippen LogP contribution in [0.25, 0.3) is 0 Å². The first-order valence-corrected chi connectivity index (χ1v) is 8.12. The maximum atomic E-state index is 12.5. The summed E-state index contributed by atoms with van der Waals surface area (Å²) < 4.78 is 11.4. The smallest absolute Gasteiger partial charge is 0.411 e. The van der Waals surface area contributed by atoms with Gasteiger partial charge in [0.25, 0.3) is 5.91 Å². The van der Waals surface area contributed by atoms with Crippen molar-refractivity contribution in [2.75, 3.05) is 11.9 Å². The number of nitrogens with zero attached hydrogens (tertiary/aromatic N) is 2. The number of anilines is 1. The maximum absolute atomic E-state index is 12.5. The van der Waals surface area contributed by atoms with E-state index in [1.165, 1.54) is 4.90 Å². The molecule has 7 nitrogen and oxygen atoms in total. The number of carbonyl (C=O) groups is 2. The van der Waals surface area contributed by atoms with Crippen LogP contribution in [0, 0.1) is 0 Å². The molecule has 0 radical (unpaired) electrons. The number of hydrogen-bond acceptors (Lipinski definition) is 5. The van der Waals surface area contributed by atoms with E-state index in [9.17, 15) is 9.59 Å². The number of nitrogens with one attached hydrogen (secondary N) is 1. The van der Waals surface area contributed by atoms with E-state index in [-0.39, 0.29) is 18.1 Å². The SMILES string of the molecule is CC(C)(C)OC(=O)N1C[C@@H]2O[C@@H]2[C@H]1C(=O)Nc1cccc(Br)n1. The Morgan fingerprint density at radius 1 is 1.43 bits per heavy atom. The summed E-state index contributed by atoms with van der Waals surface area (Å²) in [6, 6.07) is 4.51. The molecule has 1 aromatic rings. The minimum Gasteiger partial charge on any atom is -0.444 e. The summed E-state index contributed by atoms with van der Waals surface area (Å²) in [6.07, 6.45) is -0.862. The molecule has 2 aliphatic heterocycles. The van der Waals surface area contributed by atoms with Gasteiger partial charge in [-0.3, -0.25) is 9.69 Å². The minimum atomic E-state index is -0.698. The highest BCUT2D eigenvalue weighted by Gasteiger charge is 2.59. The van der Waals surface area contributed by atoms with Crippen molar-refractivity contribution in [1.29, 1.82) is 0 Å². The first kappa shape index (κ1) is 16.2. The number of morpholine rings is 1. The molecule has 2 fully saturated rings. The second kappa shape index (κ2) is 5.76. The molecular formula is C15H18BrN3O4. The lowest BCUT2D eigenvalue weighted by Crippen LogP contribution is -2.49. The van der Waals surface area contributed by atoms with Crippen molar-refractivity contribution < 1.29 is 19.1 Å². The molecule has 0 unspecified atom stereocenters. The molecule has 2 aliphatic rings. The van der Waals surface area contributed by atoms with Gasteiger partial charge < -0.3 is 14.8 Å². The number of halogens is 1. The van der Waals surface area contributed by atoms with E-state index in [4.69, 9.17) is 9.47 Å². The van der Waals surface area contributed by atoms with Crippen LogP contribution in [0.5, 0.6) is 0 Å². The summed E-state index contributed by atoms with van der Waals surface area (Å²) in [6.45, 7) is 5.74. The Morgan fingerprint density at radius 3 is 2.83 bits per heavy atom. The average Bonchev–Trinajstić information content (AvgIpc) is 3.07. The lowest BCUT2D eigenvalue weighted by atomic mass is 10.2. The molecule has 124 valence electrons. The number of ether oxygens (including phenoxy) is 2. The second-order valence-electron chi connectivity index (χ2n) is 6.55. The number of epoxide rings is 1. The molecule has 3 rings (SSSR count). The Hall–Kier alpha value is -1.67. The standard InChI is InChI=1S/C15H18BrN3O4/c1-15(2,3)23-14(21)19-7-8-12(22-8)11(19)13(20)18-10-6-4-5-9(16)17-10/h4-6,8,11-12H,7H2,1-3H3,(H,17,18,20)/t8-,11-,12-/m0/s1. The van der Waals surface area contributed by atoms with Gasteiger partial charge in [-0.2, -0.15) is 0 Å². The number of hydrogen-bond donors (Lipinski definition) is 1. The average molecular weight is 384 g/mol. The number of carbonyl (C=O) groups excluding carboxylic acids is 2. The summed E-state index contributed by atoms with van der Waals surface area (Å²) in [4.78, 5) is 30.4. The topological polar surface area (TPSA) is 84.1 Å². The van der Waals surface area contributed by atoms with E-state index in [1.54, 1.807) is 39.0 Å². The lowest BCUT2D eigenvalue weighted by Gasteiger charge is -2.29. The number of aromatic nitrogens is 1. The first-order chi connectivity index (χ1) is 10.7. The molecule has 2 saturated heterocycles. The van der Waals surface area contributed by atoms with Crippen LogP contribution in [0.2, 0.25) is 0 Å². The second-order valence-corrected chi connectivity index (χ2v) is 7.36. The van der Waals surface area contributed by atoms with Gasteiger partial charge in [0.15, 0.2) is 0 Å². The van der Waals surface area contributed by atoms with Crippen molar-refractivity contribution in [2.45, 2.75) is 44.6 Å². The van der Waals surface area contributed by atoms with Crippen LogP contribution in [0.1, 0.15) is 20.8 Å². The fourth-order valence-corrected chi connectivity index (χ4v) is 2.89. The highest BCUT2D eigenvalue weighted by molar-refractivity contribution is 9.10. The van der Waals surface area contributed by atoms with Gasteiger partial charge in [-0.1, -0.05) is 6.07 Å². The Morgan fingerprint density at radius 2 is 2.17 bits per heavy atom. The third-order valence-corrected chi connectivity index (χ3v) is 3.95. The van der Waals surface area contributed by atoms with Crippen LogP contribution < -0.4 is 5.32 Å². The molecular weight excluding hydrogens is 366 g/mol. The van der Waals surface area contributed by atoms with Crippen molar-refractivity contribution in [3.05, 3.63) is 22.8 Å². The van der Waals surface area contributed by atoms with Crippen molar-refractivity contribution in [3.8, 4) is 0 Å². The van der Waals surface area contributed by atoms with Gasteiger partial charge in [0, 0.05) is 0 Å². The van der Waals surface area contributed by atoms with Crippen LogP contribution in [-0.2, 0) is 14.3 Å². The number of rotatable bonds is 2. The summed E-state index contributed by atoms with van der Waals surface area (Å²) >= 11 is 3.25. The van der Waals surface area contributed by atoms with E-state index in [2.05, 4.69) is 26.2 Å². The molecule has 0 bridgehead atoms. The zero-order chi connectivity index (χ0) is 16.8. The minimum absolute atomic E-state index is 0.0891. The molecule has 0 spiro atoms. The molecule has 0 saturated carbocycles. The molecule has 3 atom stereocenters. The van der Waals surface area contributed by atoms with Gasteiger partial charge in [0.2, 0.25) is 0 Å². The Labute approximate surface area is 142 Å². The predicted octanol–water partition coefficient (Wildman–Crippen LogP) is 2.17. The van der Waals surface area contributed by atoms with Crippen molar-refractivity contribution in [3.63, 3.8) is 0 Å². The molecule has 1 N–H and O–H groups in total. The number of fused-ring (bicyclic) bond motifs is 1. The van der Waals surface area contributed by atoms with Crippen molar-refractivity contribution in [2.24, 2.45) is 0 Å². The number of pyridine rings is 1. The van der Waals surface area contributed by atoms with Gasteiger partial charge in [0.05, 0.1) is 6.54 Å². The van der Waals surface area contributed by atoms with E-state index >= 15 is 0 Å². The normalized spacial score (nSPS) is 25.7. The van der Waals surface area contributed by atoms with Gasteiger partial charge in [-0.25, -0.2) is 9.78 Å². The molecule has 0 aromatic carbocycles. The third-order valence-electron chi connectivity index (χ3n) is 3.51. The Kier molecular flexibility index (Phi) is 4.05. The monoisotopic (exact) mass is 383 g/mol. The zero-order valence-electron chi connectivity index (χ0n) is 13.1. The fourth-order valence-electron chi connectivity index (χ4n) is 2.54. The summed E-state index contributed by atoms with van der Waals surface area (Å²) in [5.41, 5.74) is -0.613. The molecule has 2 amide bonds. The van der Waals surface area contributed by atoms with Gasteiger partial charge >= 0.3 is 6.09 Å². The van der Waals surface area contributed by atoms with Crippen LogP contribution in [0.15, 0.2) is 22.8 Å². The van der Waals surface area contributed by atoms with Gasteiger partial charge in [-0.05, 0) is 48.8 Å². The fraction of sp³-hybridized carbons (Fsp3) is 0.533. The van der Waals surface area contributed by atoms with E-state index < -0.39 is 17.7 Å². The first-order valence-electron chi connectivity index (χ1n) is 7.33. The highest BCUT2D eigenvalue weighted by atomic mass is 79.9. The predicted molar refractivity (Wildman–Crippen MR) is 86.0 cm³/mol. The van der Waals surface area contributed by atoms with E-state index in [0.29, 0.717) is 17.0 Å². The quantitative estimate of drug-likeness (QED) is 0.624. The molecule has 3 heterocycles. The molecule has 8 heteroatoms.